The van der Waals surface area contributed by atoms with Crippen LogP contribution in [0.1, 0.15) is 37.5 Å². The van der Waals surface area contributed by atoms with Gasteiger partial charge in [0.25, 0.3) is 0 Å². The largest absolute Gasteiger partial charge is 0.330 e. The lowest BCUT2D eigenvalue weighted by Gasteiger charge is -2.13. The zero-order chi connectivity index (χ0) is 12.5. The zero-order valence-corrected chi connectivity index (χ0v) is 12.9. The second-order valence-corrected chi connectivity index (χ2v) is 6.31. The van der Waals surface area contributed by atoms with Crippen molar-refractivity contribution in [3.05, 3.63) is 20.8 Å². The summed E-state index contributed by atoms with van der Waals surface area (Å²) < 4.78 is 1.19. The molecule has 1 atom stereocenters. The summed E-state index contributed by atoms with van der Waals surface area (Å²) >= 11 is 5.27. The number of hydrogen-bond donors (Lipinski definition) is 2. The number of hydrogen-bond acceptors (Lipinski definition) is 3. The fourth-order valence-corrected chi connectivity index (χ4v) is 3.38. The molecule has 1 heterocycles. The van der Waals surface area contributed by atoms with Gasteiger partial charge in [0.05, 0.1) is 0 Å². The highest BCUT2D eigenvalue weighted by atomic mass is 79.9. The summed E-state index contributed by atoms with van der Waals surface area (Å²) in [5, 5.41) is 5.63. The van der Waals surface area contributed by atoms with Crippen LogP contribution < -0.4 is 11.1 Å². The number of nitrogens with two attached hydrogens (primary N) is 1. The molecule has 0 spiro atoms. The highest BCUT2D eigenvalue weighted by Crippen LogP contribution is 2.19. The Bertz CT molecular complexity index is 301. The molecule has 0 fully saturated rings. The average Bonchev–Trinajstić information content (AvgIpc) is 2.73. The van der Waals surface area contributed by atoms with Crippen molar-refractivity contribution < 1.29 is 0 Å². The molecule has 17 heavy (non-hydrogen) atoms. The topological polar surface area (TPSA) is 38.0 Å². The Morgan fingerprint density at radius 1 is 1.47 bits per heavy atom. The van der Waals surface area contributed by atoms with Gasteiger partial charge in [0.2, 0.25) is 0 Å². The van der Waals surface area contributed by atoms with Gasteiger partial charge < -0.3 is 11.1 Å². The maximum absolute atomic E-state index is 5.60. The van der Waals surface area contributed by atoms with E-state index in [2.05, 4.69) is 39.6 Å². The third-order valence-corrected chi connectivity index (χ3v) is 4.74. The van der Waals surface area contributed by atoms with Crippen molar-refractivity contribution in [3.63, 3.8) is 0 Å². The SMILES string of the molecule is CCC(CCN)CCCNCc1cc(Br)cs1. The lowest BCUT2D eigenvalue weighted by Crippen LogP contribution is -2.16. The minimum Gasteiger partial charge on any atom is -0.330 e. The van der Waals surface area contributed by atoms with Crippen molar-refractivity contribution in [2.75, 3.05) is 13.1 Å². The van der Waals surface area contributed by atoms with E-state index < -0.39 is 0 Å². The Balaban J connectivity index is 2.04. The smallest absolute Gasteiger partial charge is 0.0300 e. The van der Waals surface area contributed by atoms with Gasteiger partial charge in [-0.15, -0.1) is 11.3 Å². The van der Waals surface area contributed by atoms with Gasteiger partial charge in [-0.25, -0.2) is 0 Å². The molecule has 0 aliphatic carbocycles. The first-order valence-electron chi connectivity index (χ1n) is 6.40. The third-order valence-electron chi connectivity index (χ3n) is 3.04. The van der Waals surface area contributed by atoms with E-state index in [1.165, 1.54) is 35.0 Å². The minimum atomic E-state index is 0.817. The molecule has 0 bridgehead atoms. The van der Waals surface area contributed by atoms with E-state index >= 15 is 0 Å². The Morgan fingerprint density at radius 3 is 2.88 bits per heavy atom. The number of nitrogens with one attached hydrogen (secondary N) is 1. The van der Waals surface area contributed by atoms with Crippen LogP contribution in [0, 0.1) is 5.92 Å². The predicted octanol–water partition coefficient (Wildman–Crippen LogP) is 3.76. The van der Waals surface area contributed by atoms with Crippen LogP contribution in [0.2, 0.25) is 0 Å². The van der Waals surface area contributed by atoms with Crippen LogP contribution in [0.5, 0.6) is 0 Å². The summed E-state index contributed by atoms with van der Waals surface area (Å²) in [6.45, 7) is 5.19. The summed E-state index contributed by atoms with van der Waals surface area (Å²) in [4.78, 5) is 1.39. The van der Waals surface area contributed by atoms with Gasteiger partial charge >= 0.3 is 0 Å². The van der Waals surface area contributed by atoms with Crippen molar-refractivity contribution in [2.45, 2.75) is 39.2 Å². The molecule has 0 amide bonds. The minimum absolute atomic E-state index is 0.817. The normalized spacial score (nSPS) is 12.9. The Labute approximate surface area is 117 Å². The Kier molecular flexibility index (Phi) is 8.10. The van der Waals surface area contributed by atoms with Gasteiger partial charge in [-0.2, -0.15) is 0 Å². The van der Waals surface area contributed by atoms with Gasteiger partial charge in [0.15, 0.2) is 0 Å². The van der Waals surface area contributed by atoms with Crippen LogP contribution >= 0.6 is 27.3 Å². The molecule has 1 unspecified atom stereocenters. The second kappa shape index (κ2) is 9.09. The molecule has 0 aliphatic heterocycles. The Morgan fingerprint density at radius 2 is 2.29 bits per heavy atom. The van der Waals surface area contributed by atoms with Crippen molar-refractivity contribution in [3.8, 4) is 0 Å². The molecular formula is C13H23BrN2S. The number of thiophene rings is 1. The van der Waals surface area contributed by atoms with Crippen LogP contribution in [0.25, 0.3) is 0 Å². The van der Waals surface area contributed by atoms with E-state index in [1.54, 1.807) is 11.3 Å². The monoisotopic (exact) mass is 318 g/mol. The summed E-state index contributed by atoms with van der Waals surface area (Å²) in [7, 11) is 0. The maximum Gasteiger partial charge on any atom is 0.0300 e. The average molecular weight is 319 g/mol. The molecule has 3 N–H and O–H groups in total. The number of rotatable bonds is 9. The van der Waals surface area contributed by atoms with Crippen LogP contribution in [-0.4, -0.2) is 13.1 Å². The third kappa shape index (κ3) is 6.55. The molecule has 1 rings (SSSR count). The highest BCUT2D eigenvalue weighted by Gasteiger charge is 2.04. The van der Waals surface area contributed by atoms with Crippen LogP contribution in [0.15, 0.2) is 15.9 Å². The van der Waals surface area contributed by atoms with E-state index in [-0.39, 0.29) is 0 Å². The van der Waals surface area contributed by atoms with Gasteiger partial charge in [0, 0.05) is 21.3 Å². The zero-order valence-electron chi connectivity index (χ0n) is 10.5. The van der Waals surface area contributed by atoms with E-state index in [0.717, 1.165) is 25.6 Å². The lowest BCUT2D eigenvalue weighted by atomic mass is 9.97. The molecule has 1 aromatic heterocycles. The van der Waals surface area contributed by atoms with Crippen LogP contribution in [0.3, 0.4) is 0 Å². The fourth-order valence-electron chi connectivity index (χ4n) is 1.96. The summed E-state index contributed by atoms with van der Waals surface area (Å²) in [6, 6.07) is 2.18. The quantitative estimate of drug-likeness (QED) is 0.680. The molecule has 0 radical (unpaired) electrons. The van der Waals surface area contributed by atoms with Crippen molar-refractivity contribution in [2.24, 2.45) is 11.7 Å². The lowest BCUT2D eigenvalue weighted by molar-refractivity contribution is 0.422. The summed E-state index contributed by atoms with van der Waals surface area (Å²) in [5.74, 6) is 0.817. The molecule has 0 aromatic carbocycles. The standard InChI is InChI=1S/C13H23BrN2S/c1-2-11(5-6-15)4-3-7-16-9-13-8-12(14)10-17-13/h8,10-11,16H,2-7,9,15H2,1H3. The van der Waals surface area contributed by atoms with Gasteiger partial charge in [-0.05, 0) is 60.3 Å². The molecule has 0 saturated carbocycles. The van der Waals surface area contributed by atoms with E-state index in [9.17, 15) is 0 Å². The van der Waals surface area contributed by atoms with Crippen LogP contribution in [0.4, 0.5) is 0 Å². The van der Waals surface area contributed by atoms with E-state index in [4.69, 9.17) is 5.73 Å². The molecule has 1 aromatic rings. The van der Waals surface area contributed by atoms with Crippen LogP contribution in [-0.2, 0) is 6.54 Å². The maximum atomic E-state index is 5.60. The van der Waals surface area contributed by atoms with Crippen molar-refractivity contribution >= 4 is 27.3 Å². The first-order valence-corrected chi connectivity index (χ1v) is 8.07. The van der Waals surface area contributed by atoms with Gasteiger partial charge in [-0.3, -0.25) is 0 Å². The molecule has 98 valence electrons. The molecule has 0 aliphatic rings. The predicted molar refractivity (Wildman–Crippen MR) is 80.4 cm³/mol. The molecule has 4 heteroatoms. The molecule has 2 nitrogen and oxygen atoms in total. The van der Waals surface area contributed by atoms with Crippen molar-refractivity contribution in [1.82, 2.24) is 5.32 Å². The van der Waals surface area contributed by atoms with Crippen molar-refractivity contribution in [1.29, 1.82) is 0 Å². The van der Waals surface area contributed by atoms with Gasteiger partial charge in [-0.1, -0.05) is 13.3 Å². The molecular weight excluding hydrogens is 296 g/mol. The summed E-state index contributed by atoms with van der Waals surface area (Å²) in [6.07, 6.45) is 4.99. The first kappa shape index (κ1) is 15.2. The highest BCUT2D eigenvalue weighted by molar-refractivity contribution is 9.10. The Hall–Kier alpha value is 0.1000. The fraction of sp³-hybridized carbons (Fsp3) is 0.692. The summed E-state index contributed by atoms with van der Waals surface area (Å²) in [5.41, 5.74) is 5.60. The van der Waals surface area contributed by atoms with Gasteiger partial charge in [0.1, 0.15) is 0 Å². The van der Waals surface area contributed by atoms with E-state index in [0.29, 0.717) is 0 Å². The molecule has 0 saturated heterocycles. The number of halogens is 1. The van der Waals surface area contributed by atoms with E-state index in [1.807, 2.05) is 0 Å². The second-order valence-electron chi connectivity index (χ2n) is 4.40. The first-order chi connectivity index (χ1) is 8.26.